The van der Waals surface area contributed by atoms with Gasteiger partial charge in [0.15, 0.2) is 0 Å². The van der Waals surface area contributed by atoms with Gasteiger partial charge in [0.25, 0.3) is 0 Å². The van der Waals surface area contributed by atoms with Crippen LogP contribution < -0.4 is 4.74 Å². The predicted molar refractivity (Wildman–Crippen MR) is 58.4 cm³/mol. The Morgan fingerprint density at radius 1 is 1.53 bits per heavy atom. The van der Waals surface area contributed by atoms with Crippen molar-refractivity contribution in [3.8, 4) is 11.8 Å². The molecule has 0 aliphatic carbocycles. The zero-order valence-electron chi connectivity index (χ0n) is 8.60. The molecule has 3 nitrogen and oxygen atoms in total. The van der Waals surface area contributed by atoms with E-state index in [0.717, 1.165) is 5.56 Å². The summed E-state index contributed by atoms with van der Waals surface area (Å²) in [5, 5.41) is 17.5. The number of methoxy groups -OCH3 is 1. The highest BCUT2D eigenvalue weighted by molar-refractivity contribution is 5.56. The lowest BCUT2D eigenvalue weighted by Crippen LogP contribution is -1.88. The molecule has 0 saturated heterocycles. The van der Waals surface area contributed by atoms with E-state index in [-0.39, 0.29) is 6.61 Å². The van der Waals surface area contributed by atoms with Crippen molar-refractivity contribution in [1.29, 1.82) is 5.26 Å². The molecule has 3 heteroatoms. The van der Waals surface area contributed by atoms with E-state index < -0.39 is 0 Å². The van der Waals surface area contributed by atoms with Gasteiger partial charge >= 0.3 is 0 Å². The van der Waals surface area contributed by atoms with Gasteiger partial charge in [-0.05, 0) is 24.1 Å². The van der Waals surface area contributed by atoms with Crippen molar-refractivity contribution in [2.24, 2.45) is 0 Å². The summed E-state index contributed by atoms with van der Waals surface area (Å²) in [4.78, 5) is 0. The number of nitriles is 1. The maximum atomic E-state index is 8.85. The lowest BCUT2D eigenvalue weighted by atomic mass is 10.1. The molecule has 1 rings (SSSR count). The lowest BCUT2D eigenvalue weighted by molar-refractivity contribution is 0.303. The topological polar surface area (TPSA) is 53.2 Å². The van der Waals surface area contributed by atoms with E-state index >= 15 is 0 Å². The summed E-state index contributed by atoms with van der Waals surface area (Å²) in [6.07, 6.45) is 4.35. The summed E-state index contributed by atoms with van der Waals surface area (Å²) in [5.74, 6) is 0.580. The Hall–Kier alpha value is -1.79. The third-order valence-corrected chi connectivity index (χ3v) is 1.95. The average molecular weight is 203 g/mol. The minimum absolute atomic E-state index is 0.137. The van der Waals surface area contributed by atoms with Crippen LogP contribution in [0.3, 0.4) is 0 Å². The summed E-state index contributed by atoms with van der Waals surface area (Å²) < 4.78 is 5.03. The standard InChI is InChI=1S/C12H13NO2/c1-15-12-6-5-10(4-2-3-7-14)8-11(12)9-13/h2,4-6,8,14H,3,7H2,1H3. The Morgan fingerprint density at radius 3 is 2.93 bits per heavy atom. The normalized spacial score (nSPS) is 10.2. The van der Waals surface area contributed by atoms with Crippen molar-refractivity contribution in [2.75, 3.05) is 13.7 Å². The highest BCUT2D eigenvalue weighted by Gasteiger charge is 2.01. The first-order chi connectivity index (χ1) is 7.31. The van der Waals surface area contributed by atoms with E-state index in [1.165, 1.54) is 7.11 Å². The molecule has 15 heavy (non-hydrogen) atoms. The quantitative estimate of drug-likeness (QED) is 0.813. The number of benzene rings is 1. The van der Waals surface area contributed by atoms with Crippen LogP contribution in [0.2, 0.25) is 0 Å². The summed E-state index contributed by atoms with van der Waals surface area (Å²) in [5.41, 5.74) is 1.45. The molecule has 0 bridgehead atoms. The minimum Gasteiger partial charge on any atom is -0.495 e. The smallest absolute Gasteiger partial charge is 0.136 e. The second kappa shape index (κ2) is 5.84. The zero-order chi connectivity index (χ0) is 11.1. The number of ether oxygens (including phenoxy) is 1. The summed E-state index contributed by atoms with van der Waals surface area (Å²) in [6.45, 7) is 0.137. The zero-order valence-corrected chi connectivity index (χ0v) is 8.60. The molecule has 0 unspecified atom stereocenters. The highest BCUT2D eigenvalue weighted by atomic mass is 16.5. The van der Waals surface area contributed by atoms with Crippen LogP contribution in [-0.4, -0.2) is 18.8 Å². The number of aliphatic hydroxyl groups is 1. The van der Waals surface area contributed by atoms with Gasteiger partial charge in [-0.1, -0.05) is 18.2 Å². The third-order valence-electron chi connectivity index (χ3n) is 1.95. The van der Waals surface area contributed by atoms with Gasteiger partial charge in [0.1, 0.15) is 11.8 Å². The van der Waals surface area contributed by atoms with E-state index in [1.807, 2.05) is 18.2 Å². The van der Waals surface area contributed by atoms with Crippen molar-refractivity contribution < 1.29 is 9.84 Å². The van der Waals surface area contributed by atoms with Crippen LogP contribution in [0.1, 0.15) is 17.5 Å². The summed E-state index contributed by atoms with van der Waals surface area (Å²) in [6, 6.07) is 7.46. The fraction of sp³-hybridized carbons (Fsp3) is 0.250. The predicted octanol–water partition coefficient (Wildman–Crippen LogP) is 1.96. The summed E-state index contributed by atoms with van der Waals surface area (Å²) >= 11 is 0. The third kappa shape index (κ3) is 3.12. The Bertz CT molecular complexity index is 391. The lowest BCUT2D eigenvalue weighted by Gasteiger charge is -2.02. The number of aliphatic hydroxyl groups excluding tert-OH is 1. The van der Waals surface area contributed by atoms with Crippen molar-refractivity contribution in [1.82, 2.24) is 0 Å². The average Bonchev–Trinajstić information content (AvgIpc) is 2.29. The molecule has 0 amide bonds. The Labute approximate surface area is 89.2 Å². The van der Waals surface area contributed by atoms with Crippen LogP contribution in [0.4, 0.5) is 0 Å². The molecule has 0 saturated carbocycles. The largest absolute Gasteiger partial charge is 0.495 e. The van der Waals surface area contributed by atoms with E-state index in [1.54, 1.807) is 12.1 Å². The number of hydrogen-bond acceptors (Lipinski definition) is 3. The van der Waals surface area contributed by atoms with Crippen LogP contribution in [0.25, 0.3) is 6.08 Å². The van der Waals surface area contributed by atoms with E-state index in [0.29, 0.717) is 17.7 Å². The first kappa shape index (κ1) is 11.3. The van der Waals surface area contributed by atoms with Crippen LogP contribution in [0.15, 0.2) is 24.3 Å². The van der Waals surface area contributed by atoms with E-state index in [9.17, 15) is 0 Å². The molecule has 0 aliphatic heterocycles. The molecule has 0 heterocycles. The van der Waals surface area contributed by atoms with Gasteiger partial charge in [-0.2, -0.15) is 5.26 Å². The first-order valence-corrected chi connectivity index (χ1v) is 4.67. The number of nitrogens with zero attached hydrogens (tertiary/aromatic N) is 1. The second-order valence-electron chi connectivity index (χ2n) is 2.99. The van der Waals surface area contributed by atoms with Crippen molar-refractivity contribution >= 4 is 6.08 Å². The molecule has 0 aromatic heterocycles. The molecule has 1 N–H and O–H groups in total. The number of hydrogen-bond donors (Lipinski definition) is 1. The van der Waals surface area contributed by atoms with Gasteiger partial charge in [-0.3, -0.25) is 0 Å². The first-order valence-electron chi connectivity index (χ1n) is 4.67. The molecule has 0 fully saturated rings. The highest BCUT2D eigenvalue weighted by Crippen LogP contribution is 2.19. The Morgan fingerprint density at radius 2 is 2.33 bits per heavy atom. The SMILES string of the molecule is COc1ccc(C=CCCO)cc1C#N. The van der Waals surface area contributed by atoms with Crippen LogP contribution in [0, 0.1) is 11.3 Å². The monoisotopic (exact) mass is 203 g/mol. The van der Waals surface area contributed by atoms with Crippen molar-refractivity contribution in [3.05, 3.63) is 35.4 Å². The van der Waals surface area contributed by atoms with Gasteiger partial charge in [0.05, 0.1) is 12.7 Å². The molecular formula is C12H13NO2. The maximum Gasteiger partial charge on any atom is 0.136 e. The second-order valence-corrected chi connectivity index (χ2v) is 2.99. The molecular weight excluding hydrogens is 190 g/mol. The molecule has 1 aromatic carbocycles. The van der Waals surface area contributed by atoms with Gasteiger partial charge in [0.2, 0.25) is 0 Å². The molecule has 0 aliphatic rings. The van der Waals surface area contributed by atoms with Crippen LogP contribution in [-0.2, 0) is 0 Å². The molecule has 0 spiro atoms. The summed E-state index contributed by atoms with van der Waals surface area (Å²) in [7, 11) is 1.54. The Kier molecular flexibility index (Phi) is 4.39. The maximum absolute atomic E-state index is 8.85. The van der Waals surface area contributed by atoms with Crippen LogP contribution in [0.5, 0.6) is 5.75 Å². The van der Waals surface area contributed by atoms with Crippen LogP contribution >= 0.6 is 0 Å². The van der Waals surface area contributed by atoms with E-state index in [4.69, 9.17) is 15.1 Å². The molecule has 0 radical (unpaired) electrons. The van der Waals surface area contributed by atoms with Crippen molar-refractivity contribution in [3.63, 3.8) is 0 Å². The van der Waals surface area contributed by atoms with Gasteiger partial charge in [-0.15, -0.1) is 0 Å². The number of rotatable bonds is 4. The fourth-order valence-corrected chi connectivity index (χ4v) is 1.21. The molecule has 78 valence electrons. The minimum atomic E-state index is 0.137. The van der Waals surface area contributed by atoms with Crippen molar-refractivity contribution in [2.45, 2.75) is 6.42 Å². The van der Waals surface area contributed by atoms with Gasteiger partial charge in [0, 0.05) is 6.61 Å². The van der Waals surface area contributed by atoms with Gasteiger partial charge in [-0.25, -0.2) is 0 Å². The van der Waals surface area contributed by atoms with Gasteiger partial charge < -0.3 is 9.84 Å². The fourth-order valence-electron chi connectivity index (χ4n) is 1.21. The Balaban J connectivity index is 2.89. The van der Waals surface area contributed by atoms with E-state index in [2.05, 4.69) is 6.07 Å². The molecule has 0 atom stereocenters. The molecule has 1 aromatic rings.